The van der Waals surface area contributed by atoms with Gasteiger partial charge in [-0.3, -0.25) is 9.59 Å². The molecular formula is C15H19NO5. The first-order valence-corrected chi connectivity index (χ1v) is 6.80. The molecule has 1 heterocycles. The maximum Gasteiger partial charge on any atom is 0.302 e. The van der Waals surface area contributed by atoms with Gasteiger partial charge in [0.2, 0.25) is 0 Å². The third kappa shape index (κ3) is 3.06. The van der Waals surface area contributed by atoms with Crippen molar-refractivity contribution >= 4 is 11.9 Å². The molecule has 1 amide bonds. The smallest absolute Gasteiger partial charge is 0.302 e. The molecule has 4 atom stereocenters. The Morgan fingerprint density at radius 1 is 1.33 bits per heavy atom. The van der Waals surface area contributed by atoms with Crippen molar-refractivity contribution in [3.05, 3.63) is 35.9 Å². The summed E-state index contributed by atoms with van der Waals surface area (Å²) in [6.07, 6.45) is -2.76. The van der Waals surface area contributed by atoms with Crippen LogP contribution in [0.5, 0.6) is 0 Å². The van der Waals surface area contributed by atoms with Gasteiger partial charge in [0.25, 0.3) is 5.91 Å². The lowest BCUT2D eigenvalue weighted by Gasteiger charge is -2.31. The molecule has 0 aromatic heterocycles. The van der Waals surface area contributed by atoms with E-state index < -0.39 is 30.1 Å². The predicted molar refractivity (Wildman–Crippen MR) is 74.1 cm³/mol. The Labute approximate surface area is 122 Å². The van der Waals surface area contributed by atoms with Crippen LogP contribution in [-0.2, 0) is 14.3 Å². The molecule has 0 bridgehead atoms. The molecular weight excluding hydrogens is 274 g/mol. The van der Waals surface area contributed by atoms with E-state index >= 15 is 0 Å². The molecule has 1 aliphatic heterocycles. The molecule has 1 aromatic carbocycles. The van der Waals surface area contributed by atoms with Crippen molar-refractivity contribution in [1.82, 2.24) is 4.90 Å². The summed E-state index contributed by atoms with van der Waals surface area (Å²) in [5, 5.41) is 19.8. The fourth-order valence-corrected chi connectivity index (χ4v) is 2.59. The van der Waals surface area contributed by atoms with Crippen LogP contribution in [0.1, 0.15) is 25.5 Å². The van der Waals surface area contributed by atoms with Crippen LogP contribution in [0, 0.1) is 0 Å². The lowest BCUT2D eigenvalue weighted by atomic mass is 10.1. The number of likely N-dealkylation sites (tertiary alicyclic amines) is 1. The molecule has 21 heavy (non-hydrogen) atoms. The van der Waals surface area contributed by atoms with Gasteiger partial charge in [-0.1, -0.05) is 30.3 Å². The predicted octanol–water partition coefficient (Wildman–Crippen LogP) is 0.243. The first-order chi connectivity index (χ1) is 9.93. The summed E-state index contributed by atoms with van der Waals surface area (Å²) in [6.45, 7) is 2.92. The minimum Gasteiger partial charge on any atom is -0.464 e. The third-order valence-electron chi connectivity index (χ3n) is 3.74. The Balaban J connectivity index is 2.24. The van der Waals surface area contributed by atoms with Gasteiger partial charge in [0.1, 0.15) is 12.7 Å². The highest BCUT2D eigenvalue weighted by Crippen LogP contribution is 2.30. The topological polar surface area (TPSA) is 87.1 Å². The average Bonchev–Trinajstić information content (AvgIpc) is 2.69. The van der Waals surface area contributed by atoms with Crippen LogP contribution in [0.15, 0.2) is 30.3 Å². The maximum absolute atomic E-state index is 12.2. The van der Waals surface area contributed by atoms with E-state index in [9.17, 15) is 19.8 Å². The van der Waals surface area contributed by atoms with E-state index in [1.165, 1.54) is 11.8 Å². The summed E-state index contributed by atoms with van der Waals surface area (Å²) in [6, 6.07) is 8.18. The van der Waals surface area contributed by atoms with Crippen molar-refractivity contribution in [2.45, 2.75) is 38.1 Å². The summed E-state index contributed by atoms with van der Waals surface area (Å²) >= 11 is 0. The fraction of sp³-hybridized carbons (Fsp3) is 0.467. The first-order valence-electron chi connectivity index (χ1n) is 6.80. The molecule has 1 fully saturated rings. The van der Waals surface area contributed by atoms with Gasteiger partial charge in [0, 0.05) is 6.92 Å². The Morgan fingerprint density at radius 3 is 2.52 bits per heavy atom. The van der Waals surface area contributed by atoms with Crippen molar-refractivity contribution in [3.63, 3.8) is 0 Å². The fourth-order valence-electron chi connectivity index (χ4n) is 2.59. The van der Waals surface area contributed by atoms with E-state index in [2.05, 4.69) is 0 Å². The van der Waals surface area contributed by atoms with E-state index in [1.807, 2.05) is 30.3 Å². The number of ether oxygens (including phenoxy) is 1. The zero-order chi connectivity index (χ0) is 15.6. The largest absolute Gasteiger partial charge is 0.464 e. The molecule has 1 saturated heterocycles. The Hall–Kier alpha value is -1.92. The van der Waals surface area contributed by atoms with E-state index in [-0.39, 0.29) is 12.6 Å². The van der Waals surface area contributed by atoms with Crippen molar-refractivity contribution in [2.75, 3.05) is 6.61 Å². The highest BCUT2D eigenvalue weighted by Gasteiger charge is 2.48. The van der Waals surface area contributed by atoms with Gasteiger partial charge < -0.3 is 19.8 Å². The minimum atomic E-state index is -1.49. The molecule has 6 nitrogen and oxygen atoms in total. The Morgan fingerprint density at radius 2 is 1.95 bits per heavy atom. The number of carbonyl (C=O) groups excluding carboxylic acids is 2. The van der Waals surface area contributed by atoms with Gasteiger partial charge in [-0.2, -0.15) is 0 Å². The number of nitrogens with zero attached hydrogens (tertiary/aromatic N) is 1. The van der Waals surface area contributed by atoms with Gasteiger partial charge >= 0.3 is 5.97 Å². The van der Waals surface area contributed by atoms with Crippen molar-refractivity contribution < 1.29 is 24.5 Å². The van der Waals surface area contributed by atoms with Crippen LogP contribution >= 0.6 is 0 Å². The van der Waals surface area contributed by atoms with Gasteiger partial charge in [0.15, 0.2) is 6.10 Å². The molecule has 0 radical (unpaired) electrons. The molecule has 114 valence electrons. The van der Waals surface area contributed by atoms with Crippen LogP contribution in [0.2, 0.25) is 0 Å². The third-order valence-corrected chi connectivity index (χ3v) is 3.74. The molecule has 1 aliphatic rings. The summed E-state index contributed by atoms with van der Waals surface area (Å²) in [7, 11) is 0. The van der Waals surface area contributed by atoms with Gasteiger partial charge in [-0.05, 0) is 12.5 Å². The van der Waals surface area contributed by atoms with Gasteiger partial charge in [-0.25, -0.2) is 0 Å². The first kappa shape index (κ1) is 15.5. The quantitative estimate of drug-likeness (QED) is 0.777. The Kier molecular flexibility index (Phi) is 4.59. The second-order valence-corrected chi connectivity index (χ2v) is 5.14. The van der Waals surface area contributed by atoms with Crippen molar-refractivity contribution in [1.29, 1.82) is 0 Å². The zero-order valence-electron chi connectivity index (χ0n) is 12.0. The maximum atomic E-state index is 12.2. The summed E-state index contributed by atoms with van der Waals surface area (Å²) in [5.41, 5.74) is 0.875. The van der Waals surface area contributed by atoms with Crippen molar-refractivity contribution in [3.8, 4) is 0 Å². The van der Waals surface area contributed by atoms with Crippen LogP contribution in [0.3, 0.4) is 0 Å². The molecule has 0 unspecified atom stereocenters. The highest BCUT2D eigenvalue weighted by molar-refractivity contribution is 5.85. The lowest BCUT2D eigenvalue weighted by molar-refractivity contribution is -0.146. The monoisotopic (exact) mass is 293 g/mol. The Bertz CT molecular complexity index is 518. The van der Waals surface area contributed by atoms with Gasteiger partial charge in [0.05, 0.1) is 12.1 Å². The average molecular weight is 293 g/mol. The number of carbonyl (C=O) groups is 2. The normalized spacial score (nSPS) is 26.8. The number of aliphatic hydroxyl groups excluding tert-OH is 2. The van der Waals surface area contributed by atoms with Crippen LogP contribution in [0.25, 0.3) is 0 Å². The molecule has 0 aliphatic carbocycles. The van der Waals surface area contributed by atoms with E-state index in [0.29, 0.717) is 0 Å². The number of rotatable bonds is 4. The zero-order valence-corrected chi connectivity index (χ0v) is 12.0. The molecule has 0 saturated carbocycles. The van der Waals surface area contributed by atoms with Crippen molar-refractivity contribution in [2.24, 2.45) is 0 Å². The number of hydrogen-bond acceptors (Lipinski definition) is 5. The van der Waals surface area contributed by atoms with Crippen LogP contribution < -0.4 is 0 Å². The number of esters is 1. The van der Waals surface area contributed by atoms with E-state index in [0.717, 1.165) is 5.56 Å². The molecule has 2 N–H and O–H groups in total. The summed E-state index contributed by atoms with van der Waals surface area (Å²) in [5.74, 6) is -1.06. The summed E-state index contributed by atoms with van der Waals surface area (Å²) in [4.78, 5) is 24.5. The molecule has 1 aromatic rings. The highest BCUT2D eigenvalue weighted by atomic mass is 16.5. The van der Waals surface area contributed by atoms with E-state index in [1.54, 1.807) is 6.92 Å². The molecule has 2 rings (SSSR count). The summed E-state index contributed by atoms with van der Waals surface area (Å²) < 4.78 is 4.91. The standard InChI is InChI=1S/C15H19NO5/c1-9(11-6-4-3-5-7-11)16-12(8-21-10(2)17)13(18)14(19)15(16)20/h3-7,9,12-14,18-19H,8H2,1-2H3/t9-,12+,13+,14-/m1/s1. The van der Waals surface area contributed by atoms with Gasteiger partial charge in [-0.15, -0.1) is 0 Å². The minimum absolute atomic E-state index is 0.142. The molecule has 0 spiro atoms. The van der Waals surface area contributed by atoms with Crippen LogP contribution in [0.4, 0.5) is 0 Å². The van der Waals surface area contributed by atoms with E-state index in [4.69, 9.17) is 4.74 Å². The van der Waals surface area contributed by atoms with Crippen LogP contribution in [-0.4, -0.2) is 51.8 Å². The second-order valence-electron chi connectivity index (χ2n) is 5.14. The molecule has 6 heteroatoms. The number of benzene rings is 1. The lowest BCUT2D eigenvalue weighted by Crippen LogP contribution is -2.42. The SMILES string of the molecule is CC(=O)OC[C@H]1[C@H](O)[C@@H](O)C(=O)N1[C@H](C)c1ccccc1. The number of amides is 1. The second kappa shape index (κ2) is 6.24. The number of aliphatic hydroxyl groups is 2. The number of hydrogen-bond donors (Lipinski definition) is 2.